The Hall–Kier alpha value is -4.48. The quantitative estimate of drug-likeness (QED) is 0.267. The summed E-state index contributed by atoms with van der Waals surface area (Å²) in [4.78, 5) is 47.3. The molecule has 1 fully saturated rings. The van der Waals surface area contributed by atoms with Crippen LogP contribution >= 0.6 is 11.6 Å². The van der Waals surface area contributed by atoms with Gasteiger partial charge in [-0.2, -0.15) is 0 Å². The fraction of sp³-hybridized carbons (Fsp3) is 0.267. The first kappa shape index (κ1) is 29.0. The van der Waals surface area contributed by atoms with Crippen molar-refractivity contribution in [3.63, 3.8) is 0 Å². The van der Waals surface area contributed by atoms with Gasteiger partial charge in [0.15, 0.2) is 0 Å². The van der Waals surface area contributed by atoms with Gasteiger partial charge in [0.1, 0.15) is 11.6 Å². The molecule has 4 amide bonds. The molecule has 2 aromatic heterocycles. The number of hydrogen-bond acceptors (Lipinski definition) is 5. The Balaban J connectivity index is 1.44. The van der Waals surface area contributed by atoms with E-state index in [-0.39, 0.29) is 33.4 Å². The van der Waals surface area contributed by atoms with Crippen LogP contribution in [0.15, 0.2) is 65.6 Å². The molecule has 10 nitrogen and oxygen atoms in total. The highest BCUT2D eigenvalue weighted by atomic mass is 35.5. The third kappa shape index (κ3) is 6.07. The van der Waals surface area contributed by atoms with Crippen LogP contribution in [0.2, 0.25) is 5.02 Å². The van der Waals surface area contributed by atoms with Crippen LogP contribution in [0.1, 0.15) is 13.3 Å². The molecule has 4 aromatic rings. The van der Waals surface area contributed by atoms with Gasteiger partial charge >= 0.3 is 12.1 Å². The highest BCUT2D eigenvalue weighted by molar-refractivity contribution is 6.33. The summed E-state index contributed by atoms with van der Waals surface area (Å²) in [6.07, 6.45) is 2.46. The topological polar surface area (TPSA) is 112 Å². The maximum atomic E-state index is 14.8. The Kier molecular flexibility index (Phi) is 8.41. The monoisotopic (exact) mass is 591 g/mol. The smallest absolute Gasteiger partial charge is 0.323 e. The molecular formula is C30H31ClFN7O3. The van der Waals surface area contributed by atoms with Crippen LogP contribution in [-0.2, 0) is 6.54 Å². The van der Waals surface area contributed by atoms with E-state index in [1.807, 2.05) is 27.1 Å². The second-order valence-electron chi connectivity index (χ2n) is 10.3. The molecule has 1 aliphatic heterocycles. The Morgan fingerprint density at radius 2 is 1.83 bits per heavy atom. The molecule has 5 rings (SSSR count). The summed E-state index contributed by atoms with van der Waals surface area (Å²) in [6.45, 7) is 3.41. The molecule has 0 radical (unpaired) electrons. The van der Waals surface area contributed by atoms with Gasteiger partial charge in [-0.3, -0.25) is 10.1 Å². The standard InChI is InChI=1S/C30H31ClFN7O3/c1-4-39-26-15-27(36-30(42)38-11-10-20(17-38)37(2)3)33-16-18(26)12-22(28(39)40)21-13-25(24(32)14-23(21)31)35-29(41)34-19-8-6-5-7-9-19/h5-9,12-16,20H,4,10-11,17H2,1-3H3,(H,33,36,42)(H2,34,35,41)/t20-/m0/s1. The highest BCUT2D eigenvalue weighted by Gasteiger charge is 2.27. The van der Waals surface area contributed by atoms with Crippen molar-refractivity contribution in [3.8, 4) is 11.1 Å². The molecule has 12 heteroatoms. The number of hydrogen-bond donors (Lipinski definition) is 3. The van der Waals surface area contributed by atoms with Gasteiger partial charge in [0.05, 0.1) is 16.2 Å². The number of anilines is 3. The normalized spacial score (nSPS) is 14.8. The second-order valence-corrected chi connectivity index (χ2v) is 10.7. The fourth-order valence-electron chi connectivity index (χ4n) is 5.04. The number of rotatable bonds is 6. The van der Waals surface area contributed by atoms with Gasteiger partial charge in [-0.1, -0.05) is 29.8 Å². The number of carbonyl (C=O) groups is 2. The summed E-state index contributed by atoms with van der Waals surface area (Å²) in [6, 6.07) is 13.8. The Morgan fingerprint density at radius 3 is 2.52 bits per heavy atom. The summed E-state index contributed by atoms with van der Waals surface area (Å²) in [5.74, 6) is -0.425. The largest absolute Gasteiger partial charge is 0.323 e. The molecular weight excluding hydrogens is 561 g/mol. The van der Waals surface area contributed by atoms with Gasteiger partial charge in [-0.25, -0.2) is 19.0 Å². The van der Waals surface area contributed by atoms with Crippen LogP contribution in [0.5, 0.6) is 0 Å². The van der Waals surface area contributed by atoms with Gasteiger partial charge in [0.25, 0.3) is 5.56 Å². The number of para-hydroxylation sites is 1. The van der Waals surface area contributed by atoms with Gasteiger partial charge < -0.3 is 25.0 Å². The van der Waals surface area contributed by atoms with Crippen molar-refractivity contribution >= 4 is 51.8 Å². The molecule has 1 aliphatic rings. The minimum Gasteiger partial charge on any atom is -0.323 e. The zero-order chi connectivity index (χ0) is 30.0. The van der Waals surface area contributed by atoms with Gasteiger partial charge in [0.2, 0.25) is 0 Å². The number of pyridine rings is 2. The number of likely N-dealkylation sites (tertiary alicyclic amines) is 1. The van der Waals surface area contributed by atoms with Gasteiger partial charge in [-0.05, 0) is 57.8 Å². The number of halogens is 2. The van der Waals surface area contributed by atoms with E-state index in [1.54, 1.807) is 47.5 Å². The van der Waals surface area contributed by atoms with Crippen molar-refractivity contribution in [1.29, 1.82) is 0 Å². The maximum absolute atomic E-state index is 14.8. The number of nitrogens with zero attached hydrogens (tertiary/aromatic N) is 4. The number of amides is 4. The molecule has 218 valence electrons. The summed E-state index contributed by atoms with van der Waals surface area (Å²) in [7, 11) is 3.99. The van der Waals surface area contributed by atoms with Crippen molar-refractivity contribution in [2.24, 2.45) is 0 Å². The third-order valence-electron chi connectivity index (χ3n) is 7.34. The van der Waals surface area contributed by atoms with E-state index < -0.39 is 11.8 Å². The lowest BCUT2D eigenvalue weighted by Gasteiger charge is -2.20. The molecule has 0 saturated carbocycles. The maximum Gasteiger partial charge on any atom is 0.323 e. The molecule has 42 heavy (non-hydrogen) atoms. The average Bonchev–Trinajstić information content (AvgIpc) is 3.46. The van der Waals surface area contributed by atoms with E-state index in [2.05, 4.69) is 25.8 Å². The number of aryl methyl sites for hydroxylation is 1. The zero-order valence-electron chi connectivity index (χ0n) is 23.4. The Morgan fingerprint density at radius 1 is 1.07 bits per heavy atom. The minimum absolute atomic E-state index is 0.0131. The Bertz CT molecular complexity index is 1710. The van der Waals surface area contributed by atoms with Crippen LogP contribution in [0, 0.1) is 5.82 Å². The summed E-state index contributed by atoms with van der Waals surface area (Å²) < 4.78 is 16.3. The minimum atomic E-state index is -0.750. The summed E-state index contributed by atoms with van der Waals surface area (Å²) in [5.41, 5.74) is 1.07. The second kappa shape index (κ2) is 12.2. The van der Waals surface area contributed by atoms with E-state index in [9.17, 15) is 18.8 Å². The van der Waals surface area contributed by atoms with E-state index in [1.165, 1.54) is 10.6 Å². The third-order valence-corrected chi connectivity index (χ3v) is 7.65. The van der Waals surface area contributed by atoms with Crippen LogP contribution in [0.25, 0.3) is 22.0 Å². The zero-order valence-corrected chi connectivity index (χ0v) is 24.2. The van der Waals surface area contributed by atoms with Crippen molar-refractivity contribution in [1.82, 2.24) is 19.4 Å². The number of nitrogens with one attached hydrogen (secondary N) is 3. The fourth-order valence-corrected chi connectivity index (χ4v) is 5.29. The molecule has 3 heterocycles. The number of carbonyl (C=O) groups excluding carboxylic acids is 2. The lowest BCUT2D eigenvalue weighted by Crippen LogP contribution is -2.37. The predicted octanol–water partition coefficient (Wildman–Crippen LogP) is 5.69. The van der Waals surface area contributed by atoms with Crippen LogP contribution in [0.3, 0.4) is 0 Å². The molecule has 3 N–H and O–H groups in total. The summed E-state index contributed by atoms with van der Waals surface area (Å²) in [5, 5.41) is 8.59. The number of benzene rings is 2. The molecule has 0 aliphatic carbocycles. The van der Waals surface area contributed by atoms with Gasteiger partial charge in [-0.15, -0.1) is 0 Å². The average molecular weight is 592 g/mol. The van der Waals surface area contributed by atoms with Crippen molar-refractivity contribution < 1.29 is 14.0 Å². The Labute approximate surface area is 247 Å². The first-order chi connectivity index (χ1) is 20.1. The first-order valence-corrected chi connectivity index (χ1v) is 13.9. The van der Waals surface area contributed by atoms with Crippen molar-refractivity contribution in [3.05, 3.63) is 82.0 Å². The highest BCUT2D eigenvalue weighted by Crippen LogP contribution is 2.33. The lowest BCUT2D eigenvalue weighted by atomic mass is 10.0. The van der Waals surface area contributed by atoms with Crippen LogP contribution < -0.4 is 21.5 Å². The predicted molar refractivity (Wildman–Crippen MR) is 164 cm³/mol. The SMILES string of the molecule is CCn1c(=O)c(-c2cc(NC(=O)Nc3ccccc3)c(F)cc2Cl)cc2cnc(NC(=O)N3CC[C@H](N(C)C)C3)cc21. The first-order valence-electron chi connectivity index (χ1n) is 13.5. The van der Waals surface area contributed by atoms with Gasteiger partial charge in [0, 0.05) is 60.1 Å². The van der Waals surface area contributed by atoms with Crippen molar-refractivity contribution in [2.45, 2.75) is 25.9 Å². The molecule has 0 bridgehead atoms. The van der Waals surface area contributed by atoms with Crippen LogP contribution in [-0.4, -0.2) is 64.6 Å². The molecule has 0 spiro atoms. The molecule has 1 atom stereocenters. The number of fused-ring (bicyclic) bond motifs is 1. The molecule has 0 unspecified atom stereocenters. The van der Waals surface area contributed by atoms with Crippen molar-refractivity contribution in [2.75, 3.05) is 43.1 Å². The van der Waals surface area contributed by atoms with E-state index in [0.29, 0.717) is 48.1 Å². The number of likely N-dealkylation sites (N-methyl/N-ethyl adjacent to an activating group) is 1. The van der Waals surface area contributed by atoms with E-state index >= 15 is 0 Å². The van der Waals surface area contributed by atoms with E-state index in [4.69, 9.17) is 11.6 Å². The van der Waals surface area contributed by atoms with Crippen LogP contribution in [0.4, 0.5) is 31.2 Å². The molecule has 1 saturated heterocycles. The lowest BCUT2D eigenvalue weighted by molar-refractivity contribution is 0.216. The number of aromatic nitrogens is 2. The van der Waals surface area contributed by atoms with E-state index in [0.717, 1.165) is 12.5 Å². The number of urea groups is 2. The summed E-state index contributed by atoms with van der Waals surface area (Å²) >= 11 is 6.41. The molecule has 2 aromatic carbocycles.